The van der Waals surface area contributed by atoms with Gasteiger partial charge in [0.1, 0.15) is 5.82 Å². The fourth-order valence-corrected chi connectivity index (χ4v) is 1.76. The average molecular weight is 302 g/mol. The zero-order valence-corrected chi connectivity index (χ0v) is 11.9. The summed E-state index contributed by atoms with van der Waals surface area (Å²) in [6.45, 7) is 6.62. The van der Waals surface area contributed by atoms with Crippen molar-refractivity contribution in [1.82, 2.24) is 5.32 Å². The highest BCUT2D eigenvalue weighted by Gasteiger charge is 2.14. The van der Waals surface area contributed by atoms with Gasteiger partial charge in [-0.3, -0.25) is 4.79 Å². The molecule has 1 aromatic carbocycles. The maximum Gasteiger partial charge on any atom is 0.167 e. The number of hydrogen-bond acceptors (Lipinski definition) is 2. The van der Waals surface area contributed by atoms with Gasteiger partial charge in [-0.1, -0.05) is 15.9 Å². The van der Waals surface area contributed by atoms with Crippen LogP contribution >= 0.6 is 15.9 Å². The molecular weight excluding hydrogens is 285 g/mol. The number of ketones is 1. The second kappa shape index (κ2) is 5.74. The molecule has 0 bridgehead atoms. The van der Waals surface area contributed by atoms with Gasteiger partial charge in [-0.2, -0.15) is 0 Å². The largest absolute Gasteiger partial charge is 0.312 e. The first kappa shape index (κ1) is 14.3. The Labute approximate surface area is 110 Å². The lowest BCUT2D eigenvalue weighted by atomic mass is 10.1. The van der Waals surface area contributed by atoms with Gasteiger partial charge in [0.25, 0.3) is 0 Å². The molecule has 1 rings (SSSR count). The van der Waals surface area contributed by atoms with E-state index in [0.717, 1.165) is 0 Å². The minimum Gasteiger partial charge on any atom is -0.312 e. The molecule has 0 heterocycles. The second-order valence-corrected chi connectivity index (χ2v) is 5.89. The van der Waals surface area contributed by atoms with Crippen LogP contribution in [0.2, 0.25) is 0 Å². The lowest BCUT2D eigenvalue weighted by Gasteiger charge is -2.20. The number of benzene rings is 1. The maximum atomic E-state index is 13.4. The molecule has 17 heavy (non-hydrogen) atoms. The van der Waals surface area contributed by atoms with Gasteiger partial charge in [-0.15, -0.1) is 0 Å². The Morgan fingerprint density at radius 2 is 2.06 bits per heavy atom. The summed E-state index contributed by atoms with van der Waals surface area (Å²) in [7, 11) is 0. The van der Waals surface area contributed by atoms with Gasteiger partial charge < -0.3 is 5.32 Å². The topological polar surface area (TPSA) is 29.1 Å². The van der Waals surface area contributed by atoms with E-state index in [-0.39, 0.29) is 16.9 Å². The van der Waals surface area contributed by atoms with Gasteiger partial charge in [0, 0.05) is 23.0 Å². The third-order valence-corrected chi connectivity index (χ3v) is 2.73. The quantitative estimate of drug-likeness (QED) is 0.862. The van der Waals surface area contributed by atoms with Crippen LogP contribution in [0.15, 0.2) is 22.7 Å². The van der Waals surface area contributed by atoms with E-state index in [1.54, 1.807) is 6.07 Å². The fraction of sp³-hybridized carbons (Fsp3) is 0.462. The van der Waals surface area contributed by atoms with Gasteiger partial charge in [0.2, 0.25) is 0 Å². The van der Waals surface area contributed by atoms with Crippen molar-refractivity contribution in [3.05, 3.63) is 34.1 Å². The molecule has 0 saturated carbocycles. The number of Topliss-reactive ketones (excluding diaryl/α,β-unsaturated/α-hetero) is 1. The highest BCUT2D eigenvalue weighted by molar-refractivity contribution is 9.10. The normalized spacial score (nSPS) is 11.6. The summed E-state index contributed by atoms with van der Waals surface area (Å²) in [5.74, 6) is -0.644. The Hall–Kier alpha value is -0.740. The molecule has 0 aliphatic rings. The molecule has 0 aromatic heterocycles. The third-order valence-electron chi connectivity index (χ3n) is 2.24. The first-order valence-corrected chi connectivity index (χ1v) is 6.32. The van der Waals surface area contributed by atoms with Crippen LogP contribution in [-0.4, -0.2) is 17.9 Å². The molecule has 94 valence electrons. The predicted molar refractivity (Wildman–Crippen MR) is 70.8 cm³/mol. The molecule has 4 heteroatoms. The summed E-state index contributed by atoms with van der Waals surface area (Å²) in [6.07, 6.45) is 0.296. The van der Waals surface area contributed by atoms with Crippen molar-refractivity contribution in [3.63, 3.8) is 0 Å². The molecule has 2 nitrogen and oxygen atoms in total. The highest BCUT2D eigenvalue weighted by atomic mass is 79.9. The van der Waals surface area contributed by atoms with E-state index < -0.39 is 5.82 Å². The third kappa shape index (κ3) is 4.96. The molecular formula is C13H17BrFNO. The smallest absolute Gasteiger partial charge is 0.167 e. The molecule has 0 amide bonds. The molecule has 1 N–H and O–H groups in total. The zero-order chi connectivity index (χ0) is 13.1. The fourth-order valence-electron chi connectivity index (χ4n) is 1.40. The number of rotatable bonds is 4. The van der Waals surface area contributed by atoms with Crippen LogP contribution in [0.5, 0.6) is 0 Å². The van der Waals surface area contributed by atoms with Crippen LogP contribution in [0.3, 0.4) is 0 Å². The number of hydrogen-bond donors (Lipinski definition) is 1. The highest BCUT2D eigenvalue weighted by Crippen LogP contribution is 2.17. The van der Waals surface area contributed by atoms with Crippen molar-refractivity contribution in [3.8, 4) is 0 Å². The van der Waals surface area contributed by atoms with Gasteiger partial charge >= 0.3 is 0 Å². The van der Waals surface area contributed by atoms with E-state index in [9.17, 15) is 9.18 Å². The minimum absolute atomic E-state index is 0.0317. The lowest BCUT2D eigenvalue weighted by molar-refractivity contribution is 0.0976. The number of nitrogens with one attached hydrogen (secondary N) is 1. The van der Waals surface area contributed by atoms with E-state index in [0.29, 0.717) is 17.4 Å². The first-order chi connectivity index (χ1) is 7.79. The van der Waals surface area contributed by atoms with Crippen LogP contribution in [0.25, 0.3) is 0 Å². The molecule has 0 saturated heterocycles. The van der Waals surface area contributed by atoms with Gasteiger partial charge in [0.15, 0.2) is 5.78 Å². The molecule has 0 fully saturated rings. The molecule has 0 aliphatic heterocycles. The Morgan fingerprint density at radius 3 is 2.65 bits per heavy atom. The van der Waals surface area contributed by atoms with Crippen molar-refractivity contribution in [1.29, 1.82) is 0 Å². The van der Waals surface area contributed by atoms with Crippen LogP contribution in [0.4, 0.5) is 4.39 Å². The Kier molecular flexibility index (Phi) is 4.83. The molecule has 0 radical (unpaired) electrons. The SMILES string of the molecule is CC(C)(C)NCCC(=O)c1cc(Br)ccc1F. The van der Waals surface area contributed by atoms with E-state index >= 15 is 0 Å². The van der Waals surface area contributed by atoms with Crippen molar-refractivity contribution >= 4 is 21.7 Å². The van der Waals surface area contributed by atoms with E-state index in [1.165, 1.54) is 12.1 Å². The molecule has 0 atom stereocenters. The second-order valence-electron chi connectivity index (χ2n) is 4.97. The summed E-state index contributed by atoms with van der Waals surface area (Å²) in [5, 5.41) is 3.20. The molecule has 0 unspecified atom stereocenters. The minimum atomic E-state index is -0.464. The van der Waals surface area contributed by atoms with E-state index in [1.807, 2.05) is 20.8 Å². The predicted octanol–water partition coefficient (Wildman–Crippen LogP) is 3.55. The van der Waals surface area contributed by atoms with Crippen LogP contribution in [0, 0.1) is 5.82 Å². The van der Waals surface area contributed by atoms with Crippen molar-refractivity contribution in [2.75, 3.05) is 6.54 Å². The monoisotopic (exact) mass is 301 g/mol. The van der Waals surface area contributed by atoms with E-state index in [4.69, 9.17) is 0 Å². The standard InChI is InChI=1S/C13H17BrFNO/c1-13(2,3)16-7-6-12(17)10-8-9(14)4-5-11(10)15/h4-5,8,16H,6-7H2,1-3H3. The summed E-state index contributed by atoms with van der Waals surface area (Å²) in [5.41, 5.74) is 0.117. The molecule has 0 spiro atoms. The maximum absolute atomic E-state index is 13.4. The number of carbonyl (C=O) groups is 1. The average Bonchev–Trinajstić information content (AvgIpc) is 2.19. The van der Waals surface area contributed by atoms with Gasteiger partial charge in [-0.05, 0) is 39.0 Å². The van der Waals surface area contributed by atoms with Crippen molar-refractivity contribution < 1.29 is 9.18 Å². The summed E-state index contributed by atoms with van der Waals surface area (Å²) < 4.78 is 14.1. The molecule has 1 aromatic rings. The first-order valence-electron chi connectivity index (χ1n) is 5.53. The summed E-state index contributed by atoms with van der Waals surface area (Å²) in [4.78, 5) is 11.8. The molecule has 0 aliphatic carbocycles. The van der Waals surface area contributed by atoms with Crippen LogP contribution in [-0.2, 0) is 0 Å². The van der Waals surface area contributed by atoms with Gasteiger partial charge in [0.05, 0.1) is 5.56 Å². The number of halogens is 2. The Balaban J connectivity index is 2.61. The Morgan fingerprint density at radius 1 is 1.41 bits per heavy atom. The van der Waals surface area contributed by atoms with Crippen molar-refractivity contribution in [2.45, 2.75) is 32.7 Å². The number of carbonyl (C=O) groups excluding carboxylic acids is 1. The van der Waals surface area contributed by atoms with E-state index in [2.05, 4.69) is 21.2 Å². The van der Waals surface area contributed by atoms with Crippen LogP contribution < -0.4 is 5.32 Å². The van der Waals surface area contributed by atoms with Gasteiger partial charge in [-0.25, -0.2) is 4.39 Å². The van der Waals surface area contributed by atoms with Crippen molar-refractivity contribution in [2.24, 2.45) is 0 Å². The summed E-state index contributed by atoms with van der Waals surface area (Å²) in [6, 6.07) is 4.41. The van der Waals surface area contributed by atoms with Crippen LogP contribution in [0.1, 0.15) is 37.6 Å². The zero-order valence-electron chi connectivity index (χ0n) is 10.3. The Bertz CT molecular complexity index is 412. The summed E-state index contributed by atoms with van der Waals surface area (Å²) >= 11 is 3.23. The lowest BCUT2D eigenvalue weighted by Crippen LogP contribution is -2.37.